The Kier molecular flexibility index (Phi) is 7.03. The first kappa shape index (κ1) is 19.1. The first-order valence-corrected chi connectivity index (χ1v) is 7.63. The zero-order valence-corrected chi connectivity index (χ0v) is 15.8. The zero-order valence-electron chi connectivity index (χ0n) is 13.7. The summed E-state index contributed by atoms with van der Waals surface area (Å²) in [6.07, 6.45) is 0.710. The van der Waals surface area contributed by atoms with Crippen molar-refractivity contribution < 1.29 is 33.6 Å². The van der Waals surface area contributed by atoms with Gasteiger partial charge in [-0.1, -0.05) is 60.7 Å². The van der Waals surface area contributed by atoms with E-state index < -0.39 is 5.60 Å². The molecular weight excluding hydrogens is 385 g/mol. The van der Waals surface area contributed by atoms with Crippen LogP contribution in [0, 0.1) is 0 Å². The van der Waals surface area contributed by atoms with Gasteiger partial charge in [0.2, 0.25) is 0 Å². The summed E-state index contributed by atoms with van der Waals surface area (Å²) >= 11 is 0. The summed E-state index contributed by atoms with van der Waals surface area (Å²) in [7, 11) is 4.41. The fourth-order valence-electron chi connectivity index (χ4n) is 2.51. The van der Waals surface area contributed by atoms with Crippen molar-refractivity contribution in [2.24, 2.45) is 0 Å². The summed E-state index contributed by atoms with van der Waals surface area (Å²) in [5.74, 6) is 0. The van der Waals surface area contributed by atoms with E-state index in [1.807, 2.05) is 60.7 Å². The molecule has 0 aliphatic carbocycles. The molecule has 0 saturated heterocycles. The Bertz CT molecular complexity index is 515. The van der Waals surface area contributed by atoms with Gasteiger partial charge in [-0.3, -0.25) is 0 Å². The Balaban J connectivity index is 0.00000242. The van der Waals surface area contributed by atoms with Crippen LogP contribution in [0.4, 0.5) is 0 Å². The minimum absolute atomic E-state index is 0. The predicted molar refractivity (Wildman–Crippen MR) is 88.0 cm³/mol. The normalized spacial score (nSPS) is 11.8. The molecule has 0 aliphatic heterocycles. The minimum Gasteiger partial charge on any atom is -1.00 e. The summed E-state index contributed by atoms with van der Waals surface area (Å²) in [6.45, 7) is 4.17. The topological polar surface area (TPSA) is 20.2 Å². The van der Waals surface area contributed by atoms with E-state index in [-0.39, 0.29) is 24.0 Å². The quantitative estimate of drug-likeness (QED) is 0.540. The van der Waals surface area contributed by atoms with Gasteiger partial charge in [0.05, 0.1) is 27.2 Å². The molecule has 0 atom stereocenters. The van der Waals surface area contributed by atoms with Crippen LogP contribution in [-0.2, 0) is 5.60 Å². The van der Waals surface area contributed by atoms with Crippen LogP contribution in [0.3, 0.4) is 0 Å². The van der Waals surface area contributed by atoms with Crippen molar-refractivity contribution in [3.8, 4) is 0 Å². The lowest BCUT2D eigenvalue weighted by Crippen LogP contribution is -3.00. The second kappa shape index (κ2) is 8.09. The molecule has 0 heterocycles. The molecule has 0 radical (unpaired) electrons. The van der Waals surface area contributed by atoms with Crippen molar-refractivity contribution in [2.75, 3.05) is 27.2 Å². The molecule has 0 bridgehead atoms. The summed E-state index contributed by atoms with van der Waals surface area (Å²) in [6, 6.07) is 20.0. The minimum atomic E-state index is -0.923. The molecule has 120 valence electrons. The molecule has 22 heavy (non-hydrogen) atoms. The van der Waals surface area contributed by atoms with Crippen LogP contribution in [0.25, 0.3) is 0 Å². The molecule has 2 nitrogen and oxygen atoms in total. The van der Waals surface area contributed by atoms with Gasteiger partial charge in [0, 0.05) is 6.42 Å². The maximum Gasteiger partial charge on any atom is 0.120 e. The number of rotatable bonds is 6. The van der Waals surface area contributed by atoms with Gasteiger partial charge in [-0.25, -0.2) is 0 Å². The van der Waals surface area contributed by atoms with Gasteiger partial charge < -0.3 is 33.6 Å². The van der Waals surface area contributed by atoms with Crippen LogP contribution in [-0.4, -0.2) is 36.8 Å². The van der Waals surface area contributed by atoms with Crippen molar-refractivity contribution in [2.45, 2.75) is 18.9 Å². The van der Waals surface area contributed by atoms with E-state index in [2.05, 4.69) is 21.0 Å². The molecule has 2 aromatic rings. The molecule has 0 unspecified atom stereocenters. The second-order valence-corrected chi connectivity index (χ2v) is 6.32. The molecule has 0 spiro atoms. The van der Waals surface area contributed by atoms with E-state index in [1.165, 1.54) is 0 Å². The van der Waals surface area contributed by atoms with E-state index in [0.29, 0.717) is 6.42 Å². The monoisotopic (exact) mass is 411 g/mol. The highest BCUT2D eigenvalue weighted by Crippen LogP contribution is 2.33. The van der Waals surface area contributed by atoms with Crippen molar-refractivity contribution >= 4 is 0 Å². The van der Waals surface area contributed by atoms with Crippen LogP contribution < -0.4 is 24.0 Å². The first-order valence-electron chi connectivity index (χ1n) is 7.63. The van der Waals surface area contributed by atoms with Crippen molar-refractivity contribution in [1.29, 1.82) is 0 Å². The Hall–Kier alpha value is -0.910. The number of hydrogen-bond acceptors (Lipinski definition) is 1. The smallest absolute Gasteiger partial charge is 0.120 e. The third-order valence-corrected chi connectivity index (χ3v) is 4.44. The van der Waals surface area contributed by atoms with Crippen LogP contribution >= 0.6 is 0 Å². The Labute approximate surface area is 151 Å². The van der Waals surface area contributed by atoms with Crippen LogP contribution in [0.2, 0.25) is 0 Å². The molecule has 2 aromatic carbocycles. The van der Waals surface area contributed by atoms with Gasteiger partial charge in [-0.15, -0.1) is 0 Å². The average Bonchev–Trinajstić information content (AvgIpc) is 2.54. The number of hydrogen-bond donors (Lipinski definition) is 1. The molecule has 1 N–H and O–H groups in total. The van der Waals surface area contributed by atoms with E-state index in [0.717, 1.165) is 28.7 Å². The number of aliphatic hydroxyl groups is 1. The van der Waals surface area contributed by atoms with Gasteiger partial charge in [0.1, 0.15) is 5.60 Å². The third kappa shape index (κ3) is 4.54. The second-order valence-electron chi connectivity index (χ2n) is 6.32. The molecule has 2 rings (SSSR count). The van der Waals surface area contributed by atoms with Gasteiger partial charge in [-0.2, -0.15) is 0 Å². The predicted octanol–water partition coefficient (Wildman–Crippen LogP) is 0.413. The molecule has 3 heteroatoms. The number of quaternary nitrogens is 1. The first-order chi connectivity index (χ1) is 9.98. The van der Waals surface area contributed by atoms with Crippen molar-refractivity contribution in [3.05, 3.63) is 71.8 Å². The lowest BCUT2D eigenvalue weighted by Gasteiger charge is -2.35. The lowest BCUT2D eigenvalue weighted by molar-refractivity contribution is -0.889. The van der Waals surface area contributed by atoms with Gasteiger partial charge in [-0.05, 0) is 18.1 Å². The fourth-order valence-corrected chi connectivity index (χ4v) is 2.51. The highest BCUT2D eigenvalue weighted by Gasteiger charge is 2.33. The molecule has 0 saturated carbocycles. The Morgan fingerprint density at radius 2 is 1.27 bits per heavy atom. The maximum atomic E-state index is 11.4. The highest BCUT2D eigenvalue weighted by atomic mass is 127. The van der Waals surface area contributed by atoms with E-state index in [4.69, 9.17) is 0 Å². The van der Waals surface area contributed by atoms with Crippen LogP contribution in [0.1, 0.15) is 24.5 Å². The molecule has 0 aromatic heterocycles. The number of halogens is 1. The Morgan fingerprint density at radius 3 is 1.64 bits per heavy atom. The van der Waals surface area contributed by atoms with Crippen molar-refractivity contribution in [1.82, 2.24) is 0 Å². The summed E-state index contributed by atoms with van der Waals surface area (Å²) in [5.41, 5.74) is 1.01. The lowest BCUT2D eigenvalue weighted by atomic mass is 9.83. The zero-order chi connectivity index (χ0) is 15.3. The van der Waals surface area contributed by atoms with E-state index in [9.17, 15) is 5.11 Å². The summed E-state index contributed by atoms with van der Waals surface area (Å²) < 4.78 is 0.905. The number of benzene rings is 2. The molecular formula is C19H26INO. The third-order valence-electron chi connectivity index (χ3n) is 4.44. The standard InChI is InChI=1S/C19H26NO.HI/c1-4-20(2,3)16-15-19(21,17-11-7-5-8-12-17)18-13-9-6-10-14-18;/h5-14,21H,4,15-16H2,1-3H3;1H/q+1;/p-1. The fraction of sp³-hybridized carbons (Fsp3) is 0.368. The molecule has 0 amide bonds. The summed E-state index contributed by atoms with van der Waals surface area (Å²) in [4.78, 5) is 0. The van der Waals surface area contributed by atoms with Gasteiger partial charge in [0.15, 0.2) is 0 Å². The van der Waals surface area contributed by atoms with Crippen molar-refractivity contribution in [3.63, 3.8) is 0 Å². The van der Waals surface area contributed by atoms with E-state index in [1.54, 1.807) is 0 Å². The molecule has 0 fully saturated rings. The largest absolute Gasteiger partial charge is 1.00 e. The number of nitrogens with zero attached hydrogens (tertiary/aromatic N) is 1. The van der Waals surface area contributed by atoms with Gasteiger partial charge >= 0.3 is 0 Å². The van der Waals surface area contributed by atoms with E-state index >= 15 is 0 Å². The van der Waals surface area contributed by atoms with Crippen LogP contribution in [0.5, 0.6) is 0 Å². The van der Waals surface area contributed by atoms with Crippen LogP contribution in [0.15, 0.2) is 60.7 Å². The highest BCUT2D eigenvalue weighted by molar-refractivity contribution is 5.35. The Morgan fingerprint density at radius 1 is 0.864 bits per heavy atom. The molecule has 0 aliphatic rings. The average molecular weight is 411 g/mol. The van der Waals surface area contributed by atoms with Gasteiger partial charge in [0.25, 0.3) is 0 Å². The maximum absolute atomic E-state index is 11.4. The SMILES string of the molecule is CC[N+](C)(C)CCC(O)(c1ccccc1)c1ccccc1.[I-]. The summed E-state index contributed by atoms with van der Waals surface area (Å²) in [5, 5.41) is 11.4.